The van der Waals surface area contributed by atoms with Crippen LogP contribution in [0.5, 0.6) is 0 Å². The average Bonchev–Trinajstić information content (AvgIpc) is 2.55. The molecule has 7 heteroatoms. The van der Waals surface area contributed by atoms with Crippen LogP contribution in [0.1, 0.15) is 61.4 Å². The summed E-state index contributed by atoms with van der Waals surface area (Å²) >= 11 is 0. The van der Waals surface area contributed by atoms with Gasteiger partial charge >= 0.3 is 5.97 Å². The van der Waals surface area contributed by atoms with Crippen LogP contribution in [0.15, 0.2) is 23.1 Å². The fraction of sp³-hybridized carbons (Fsp3) is 0.579. The minimum absolute atomic E-state index is 0.153. The first-order valence-corrected chi connectivity index (χ1v) is 11.0. The molecule has 0 aliphatic heterocycles. The number of benzene rings is 1. The third kappa shape index (κ3) is 5.06. The maximum Gasteiger partial charge on any atom is 0.308 e. The van der Waals surface area contributed by atoms with Crippen LogP contribution in [0.2, 0.25) is 0 Å². The van der Waals surface area contributed by atoms with Gasteiger partial charge in [0.2, 0.25) is 0 Å². The highest BCUT2D eigenvalue weighted by molar-refractivity contribution is 7.90. The molecule has 2 unspecified atom stereocenters. The lowest BCUT2D eigenvalue weighted by Crippen LogP contribution is -2.44. The van der Waals surface area contributed by atoms with Gasteiger partial charge < -0.3 is 10.4 Å². The molecule has 0 bridgehead atoms. The van der Waals surface area contributed by atoms with E-state index in [9.17, 15) is 23.1 Å². The Balaban J connectivity index is 2.26. The van der Waals surface area contributed by atoms with Crippen LogP contribution in [-0.4, -0.2) is 37.7 Å². The minimum atomic E-state index is -3.44. The summed E-state index contributed by atoms with van der Waals surface area (Å²) < 4.78 is 24.0. The second-order valence-electron chi connectivity index (χ2n) is 6.96. The van der Waals surface area contributed by atoms with E-state index in [1.807, 2.05) is 6.92 Å². The number of nitrogens with one attached hydrogen (secondary N) is 1. The van der Waals surface area contributed by atoms with E-state index in [0.29, 0.717) is 24.8 Å². The van der Waals surface area contributed by atoms with E-state index in [1.165, 1.54) is 6.07 Å². The average molecular weight is 381 g/mol. The van der Waals surface area contributed by atoms with Gasteiger partial charge in [-0.15, -0.1) is 0 Å². The summed E-state index contributed by atoms with van der Waals surface area (Å²) in [7, 11) is -3.44. The Morgan fingerprint density at radius 1 is 1.15 bits per heavy atom. The summed E-state index contributed by atoms with van der Waals surface area (Å²) in [5.74, 6) is -1.92. The molecule has 0 saturated heterocycles. The van der Waals surface area contributed by atoms with E-state index >= 15 is 0 Å². The first-order chi connectivity index (χ1) is 12.2. The molecule has 0 radical (unpaired) electrons. The number of aryl methyl sites for hydroxylation is 1. The van der Waals surface area contributed by atoms with Gasteiger partial charge in [0.25, 0.3) is 5.91 Å². The number of aliphatic carboxylic acids is 1. The molecular weight excluding hydrogens is 354 g/mol. The van der Waals surface area contributed by atoms with Crippen molar-refractivity contribution < 1.29 is 23.1 Å². The third-order valence-corrected chi connectivity index (χ3v) is 6.19. The molecule has 2 N–H and O–H groups in total. The van der Waals surface area contributed by atoms with Crippen LogP contribution in [0, 0.1) is 5.92 Å². The van der Waals surface area contributed by atoms with Crippen molar-refractivity contribution in [2.45, 2.75) is 62.8 Å². The van der Waals surface area contributed by atoms with Crippen LogP contribution in [-0.2, 0) is 21.1 Å². The summed E-state index contributed by atoms with van der Waals surface area (Å²) in [6.07, 6.45) is 6.60. The van der Waals surface area contributed by atoms with Crippen LogP contribution < -0.4 is 5.32 Å². The summed E-state index contributed by atoms with van der Waals surface area (Å²) in [6, 6.07) is 4.20. The van der Waals surface area contributed by atoms with E-state index in [2.05, 4.69) is 5.32 Å². The molecule has 0 spiro atoms. The van der Waals surface area contributed by atoms with Gasteiger partial charge in [0, 0.05) is 17.9 Å². The highest BCUT2D eigenvalue weighted by Crippen LogP contribution is 2.24. The summed E-state index contributed by atoms with van der Waals surface area (Å²) in [5.41, 5.74) is 0.909. The van der Waals surface area contributed by atoms with Crippen molar-refractivity contribution in [2.24, 2.45) is 5.92 Å². The van der Waals surface area contributed by atoms with Crippen molar-refractivity contribution >= 4 is 21.7 Å². The zero-order chi connectivity index (χ0) is 19.3. The van der Waals surface area contributed by atoms with Gasteiger partial charge in [0.1, 0.15) is 0 Å². The molecule has 1 aliphatic carbocycles. The lowest BCUT2D eigenvalue weighted by atomic mass is 9.86. The molecule has 0 aromatic heterocycles. The Bertz CT molecular complexity index is 772. The van der Waals surface area contributed by atoms with E-state index in [0.717, 1.165) is 31.9 Å². The first-order valence-electron chi connectivity index (χ1n) is 9.10. The molecule has 144 valence electrons. The van der Waals surface area contributed by atoms with Crippen molar-refractivity contribution in [1.29, 1.82) is 0 Å². The van der Waals surface area contributed by atoms with Gasteiger partial charge in [0.05, 0.1) is 10.8 Å². The van der Waals surface area contributed by atoms with E-state index in [1.54, 1.807) is 12.1 Å². The van der Waals surface area contributed by atoms with E-state index < -0.39 is 33.7 Å². The van der Waals surface area contributed by atoms with Gasteiger partial charge in [-0.3, -0.25) is 9.59 Å². The largest absolute Gasteiger partial charge is 0.481 e. The Morgan fingerprint density at radius 2 is 1.81 bits per heavy atom. The molecule has 1 amide bonds. The molecular formula is C19H27NO5S. The quantitative estimate of drug-likeness (QED) is 0.817. The third-order valence-electron chi connectivity index (χ3n) is 5.01. The monoisotopic (exact) mass is 381 g/mol. The number of sulfone groups is 1. The smallest absolute Gasteiger partial charge is 0.308 e. The number of carbonyl (C=O) groups excluding carboxylic acids is 1. The number of rotatable bonds is 5. The number of carbonyl (C=O) groups is 2. The Hall–Kier alpha value is -1.89. The first kappa shape index (κ1) is 20.4. The van der Waals surface area contributed by atoms with Gasteiger partial charge in [-0.2, -0.15) is 0 Å². The topological polar surface area (TPSA) is 101 Å². The van der Waals surface area contributed by atoms with Gasteiger partial charge in [0.15, 0.2) is 9.84 Å². The molecule has 1 fully saturated rings. The Kier molecular flexibility index (Phi) is 6.81. The molecule has 0 heterocycles. The molecule has 6 nitrogen and oxygen atoms in total. The van der Waals surface area contributed by atoms with Crippen LogP contribution in [0.4, 0.5) is 0 Å². The predicted molar refractivity (Wildman–Crippen MR) is 99.0 cm³/mol. The molecule has 1 aromatic rings. The summed E-state index contributed by atoms with van der Waals surface area (Å²) in [6.45, 7) is 1.86. The predicted octanol–water partition coefficient (Wildman–Crippen LogP) is 2.81. The zero-order valence-electron chi connectivity index (χ0n) is 15.3. The number of carboxylic acid groups (broad SMARTS) is 1. The standard InChI is InChI=1S/C19H27NO5S/c1-3-13-10-11-14(12-17(13)26(2,24)25)18(21)20-16-9-7-5-4-6-8-15(16)19(22)23/h10-12,15-16H,3-9H2,1-2H3,(H,20,21)(H,22,23). The molecule has 1 aliphatic rings. The number of carboxylic acids is 1. The van der Waals surface area contributed by atoms with Crippen LogP contribution in [0.25, 0.3) is 0 Å². The zero-order valence-corrected chi connectivity index (χ0v) is 16.1. The van der Waals surface area contributed by atoms with Crippen LogP contribution >= 0.6 is 0 Å². The lowest BCUT2D eigenvalue weighted by Gasteiger charge is -2.27. The molecule has 2 atom stereocenters. The number of hydrogen-bond acceptors (Lipinski definition) is 4. The van der Waals surface area contributed by atoms with Crippen molar-refractivity contribution in [2.75, 3.05) is 6.26 Å². The van der Waals surface area contributed by atoms with Gasteiger partial charge in [-0.05, 0) is 37.0 Å². The highest BCUT2D eigenvalue weighted by atomic mass is 32.2. The SMILES string of the molecule is CCc1ccc(C(=O)NC2CCCCCCC2C(=O)O)cc1S(C)(=O)=O. The fourth-order valence-corrected chi connectivity index (χ4v) is 4.57. The molecule has 26 heavy (non-hydrogen) atoms. The minimum Gasteiger partial charge on any atom is -0.481 e. The van der Waals surface area contributed by atoms with Crippen molar-refractivity contribution in [3.8, 4) is 0 Å². The maximum absolute atomic E-state index is 12.7. The molecule has 2 rings (SSSR count). The van der Waals surface area contributed by atoms with E-state index in [4.69, 9.17) is 0 Å². The van der Waals surface area contributed by atoms with E-state index in [-0.39, 0.29) is 10.5 Å². The normalized spacial score (nSPS) is 21.5. The molecule has 1 saturated carbocycles. The summed E-state index contributed by atoms with van der Waals surface area (Å²) in [5, 5.41) is 12.3. The number of amides is 1. The number of hydrogen-bond donors (Lipinski definition) is 2. The lowest BCUT2D eigenvalue weighted by molar-refractivity contribution is -0.143. The van der Waals surface area contributed by atoms with Gasteiger partial charge in [-0.1, -0.05) is 38.7 Å². The Labute approximate surface area is 154 Å². The summed E-state index contributed by atoms with van der Waals surface area (Å²) in [4.78, 5) is 24.4. The van der Waals surface area contributed by atoms with Gasteiger partial charge in [-0.25, -0.2) is 8.42 Å². The Morgan fingerprint density at radius 3 is 2.38 bits per heavy atom. The van der Waals surface area contributed by atoms with Crippen molar-refractivity contribution in [1.82, 2.24) is 5.32 Å². The second kappa shape index (κ2) is 8.66. The molecule has 1 aromatic carbocycles. The maximum atomic E-state index is 12.7. The van der Waals surface area contributed by atoms with Crippen molar-refractivity contribution in [3.63, 3.8) is 0 Å². The highest BCUT2D eigenvalue weighted by Gasteiger charge is 2.30. The fourth-order valence-electron chi connectivity index (χ4n) is 3.54. The second-order valence-corrected chi connectivity index (χ2v) is 8.95. The van der Waals surface area contributed by atoms with Crippen LogP contribution in [0.3, 0.4) is 0 Å². The van der Waals surface area contributed by atoms with Crippen molar-refractivity contribution in [3.05, 3.63) is 29.3 Å².